The number of aryl methyl sites for hydroxylation is 1. The van der Waals surface area contributed by atoms with Crippen LogP contribution < -0.4 is 5.32 Å². The minimum Gasteiger partial charge on any atom is -0.459 e. The highest BCUT2D eigenvalue weighted by Crippen LogP contribution is 2.23. The summed E-state index contributed by atoms with van der Waals surface area (Å²) in [4.78, 5) is 11.9. The van der Waals surface area contributed by atoms with Crippen molar-refractivity contribution in [1.82, 2.24) is 10.2 Å². The van der Waals surface area contributed by atoms with Gasteiger partial charge in [-0.1, -0.05) is 0 Å². The van der Waals surface area contributed by atoms with Crippen molar-refractivity contribution in [2.45, 2.75) is 6.92 Å². The highest BCUT2D eigenvalue weighted by Gasteiger charge is 2.11. The second kappa shape index (κ2) is 5.00. The Balaban J connectivity index is 1.83. The minimum atomic E-state index is -0.288. The van der Waals surface area contributed by atoms with Gasteiger partial charge in [0.2, 0.25) is 12.3 Å². The van der Waals surface area contributed by atoms with Gasteiger partial charge in [-0.2, -0.15) is 0 Å². The smallest absolute Gasteiger partial charge is 0.291 e. The van der Waals surface area contributed by atoms with Gasteiger partial charge in [0, 0.05) is 11.3 Å². The summed E-state index contributed by atoms with van der Waals surface area (Å²) in [6.45, 7) is 1.89. The van der Waals surface area contributed by atoms with Crippen LogP contribution in [-0.2, 0) is 0 Å². The fraction of sp³-hybridized carbons (Fsp3) is 0.0714. The van der Waals surface area contributed by atoms with Gasteiger partial charge in [0.1, 0.15) is 0 Å². The lowest BCUT2D eigenvalue weighted by Crippen LogP contribution is -2.11. The number of carbonyl (C=O) groups is 1. The Morgan fingerprint density at radius 1 is 1.25 bits per heavy atom. The predicted octanol–water partition coefficient (Wildman–Crippen LogP) is 2.89. The maximum atomic E-state index is 11.9. The van der Waals surface area contributed by atoms with Gasteiger partial charge in [0.05, 0.1) is 6.26 Å². The number of hydrogen-bond donors (Lipinski definition) is 1. The van der Waals surface area contributed by atoms with E-state index in [0.717, 1.165) is 11.1 Å². The molecule has 0 saturated carbocycles. The first-order valence-electron chi connectivity index (χ1n) is 5.96. The van der Waals surface area contributed by atoms with E-state index in [1.54, 1.807) is 24.3 Å². The van der Waals surface area contributed by atoms with Crippen molar-refractivity contribution in [2.24, 2.45) is 0 Å². The van der Waals surface area contributed by atoms with Gasteiger partial charge in [-0.25, -0.2) is 0 Å². The predicted molar refractivity (Wildman–Crippen MR) is 71.1 cm³/mol. The summed E-state index contributed by atoms with van der Waals surface area (Å²) in [5.74, 6) is 0.422. The summed E-state index contributed by atoms with van der Waals surface area (Å²) in [5, 5.41) is 10.3. The van der Waals surface area contributed by atoms with Gasteiger partial charge in [0.15, 0.2) is 5.76 Å². The molecule has 0 radical (unpaired) electrons. The second-order valence-corrected chi connectivity index (χ2v) is 4.21. The van der Waals surface area contributed by atoms with E-state index in [-0.39, 0.29) is 11.7 Å². The third-order valence-electron chi connectivity index (χ3n) is 2.83. The number of furan rings is 1. The fourth-order valence-electron chi connectivity index (χ4n) is 1.83. The standard InChI is InChI=1S/C14H11N3O3/c1-9-7-10(14-17-15-8-20-14)4-5-11(9)16-13(18)12-3-2-6-19-12/h2-8H,1H3,(H,16,18). The number of benzene rings is 1. The summed E-state index contributed by atoms with van der Waals surface area (Å²) in [5.41, 5.74) is 2.39. The van der Waals surface area contributed by atoms with Gasteiger partial charge in [-0.05, 0) is 42.8 Å². The van der Waals surface area contributed by atoms with Crippen LogP contribution in [0.3, 0.4) is 0 Å². The van der Waals surface area contributed by atoms with E-state index in [9.17, 15) is 4.79 Å². The Bertz CT molecular complexity index is 718. The zero-order chi connectivity index (χ0) is 13.9. The van der Waals surface area contributed by atoms with Crippen molar-refractivity contribution in [1.29, 1.82) is 0 Å². The average Bonchev–Trinajstić information content (AvgIpc) is 3.14. The minimum absolute atomic E-state index is 0.269. The summed E-state index contributed by atoms with van der Waals surface area (Å²) in [7, 11) is 0. The van der Waals surface area contributed by atoms with Crippen molar-refractivity contribution in [3.8, 4) is 11.5 Å². The van der Waals surface area contributed by atoms with E-state index >= 15 is 0 Å². The Labute approximate surface area is 114 Å². The van der Waals surface area contributed by atoms with Crippen LogP contribution in [0.25, 0.3) is 11.5 Å². The van der Waals surface area contributed by atoms with Crippen LogP contribution in [-0.4, -0.2) is 16.1 Å². The number of nitrogens with zero attached hydrogens (tertiary/aromatic N) is 2. The molecule has 0 atom stereocenters. The van der Waals surface area contributed by atoms with Crippen molar-refractivity contribution in [3.63, 3.8) is 0 Å². The van der Waals surface area contributed by atoms with E-state index in [2.05, 4.69) is 15.5 Å². The third-order valence-corrected chi connectivity index (χ3v) is 2.83. The summed E-state index contributed by atoms with van der Waals surface area (Å²) in [6.07, 6.45) is 2.73. The van der Waals surface area contributed by atoms with Crippen molar-refractivity contribution in [2.75, 3.05) is 5.32 Å². The van der Waals surface area contributed by atoms with Gasteiger partial charge in [-0.3, -0.25) is 4.79 Å². The molecule has 2 aromatic heterocycles. The molecule has 0 saturated heterocycles. The van der Waals surface area contributed by atoms with E-state index in [1.165, 1.54) is 12.7 Å². The van der Waals surface area contributed by atoms with E-state index in [4.69, 9.17) is 8.83 Å². The maximum absolute atomic E-state index is 11.9. The first kappa shape index (κ1) is 12.2. The van der Waals surface area contributed by atoms with E-state index in [1.807, 2.05) is 13.0 Å². The molecule has 3 aromatic rings. The Hall–Kier alpha value is -2.89. The Morgan fingerprint density at radius 3 is 2.80 bits per heavy atom. The van der Waals surface area contributed by atoms with Crippen LogP contribution in [0.15, 0.2) is 51.8 Å². The molecule has 20 heavy (non-hydrogen) atoms. The molecular weight excluding hydrogens is 258 g/mol. The first-order chi connectivity index (χ1) is 9.74. The molecule has 0 spiro atoms. The molecule has 0 bridgehead atoms. The SMILES string of the molecule is Cc1cc(-c2nnco2)ccc1NC(=O)c1ccco1. The molecule has 0 aliphatic rings. The van der Waals surface area contributed by atoms with E-state index < -0.39 is 0 Å². The Morgan fingerprint density at radius 2 is 2.15 bits per heavy atom. The number of amides is 1. The molecule has 0 fully saturated rings. The molecular formula is C14H11N3O3. The lowest BCUT2D eigenvalue weighted by Gasteiger charge is -2.07. The number of aromatic nitrogens is 2. The molecule has 2 heterocycles. The number of carbonyl (C=O) groups excluding carboxylic acids is 1. The zero-order valence-electron chi connectivity index (χ0n) is 10.7. The number of rotatable bonds is 3. The molecule has 0 unspecified atom stereocenters. The molecule has 0 aliphatic carbocycles. The normalized spacial score (nSPS) is 10.4. The van der Waals surface area contributed by atoms with Crippen LogP contribution in [0.2, 0.25) is 0 Å². The highest BCUT2D eigenvalue weighted by atomic mass is 16.4. The maximum Gasteiger partial charge on any atom is 0.291 e. The van der Waals surface area contributed by atoms with Gasteiger partial charge < -0.3 is 14.2 Å². The summed E-state index contributed by atoms with van der Waals surface area (Å²) < 4.78 is 10.2. The summed E-state index contributed by atoms with van der Waals surface area (Å²) >= 11 is 0. The number of anilines is 1. The van der Waals surface area contributed by atoms with Gasteiger partial charge >= 0.3 is 0 Å². The average molecular weight is 269 g/mol. The van der Waals surface area contributed by atoms with Crippen LogP contribution >= 0.6 is 0 Å². The van der Waals surface area contributed by atoms with Gasteiger partial charge in [-0.15, -0.1) is 10.2 Å². The molecule has 6 nitrogen and oxygen atoms in total. The molecule has 1 aromatic carbocycles. The second-order valence-electron chi connectivity index (χ2n) is 4.21. The zero-order valence-corrected chi connectivity index (χ0v) is 10.7. The molecule has 1 N–H and O–H groups in total. The Kier molecular flexibility index (Phi) is 3.04. The van der Waals surface area contributed by atoms with E-state index in [0.29, 0.717) is 11.6 Å². The molecule has 1 amide bonds. The topological polar surface area (TPSA) is 81.2 Å². The fourth-order valence-corrected chi connectivity index (χ4v) is 1.83. The first-order valence-corrected chi connectivity index (χ1v) is 5.96. The van der Waals surface area contributed by atoms with Gasteiger partial charge in [0.25, 0.3) is 5.91 Å². The van der Waals surface area contributed by atoms with Crippen LogP contribution in [0, 0.1) is 6.92 Å². The van der Waals surface area contributed by atoms with Crippen LogP contribution in [0.5, 0.6) is 0 Å². The molecule has 0 aliphatic heterocycles. The van der Waals surface area contributed by atoms with Crippen molar-refractivity contribution < 1.29 is 13.6 Å². The largest absolute Gasteiger partial charge is 0.459 e. The highest BCUT2D eigenvalue weighted by molar-refractivity contribution is 6.02. The lowest BCUT2D eigenvalue weighted by atomic mass is 10.1. The van der Waals surface area contributed by atoms with Crippen LogP contribution in [0.1, 0.15) is 16.1 Å². The third kappa shape index (κ3) is 2.31. The van der Waals surface area contributed by atoms with Crippen molar-refractivity contribution >= 4 is 11.6 Å². The van der Waals surface area contributed by atoms with Crippen molar-refractivity contribution in [3.05, 3.63) is 54.3 Å². The monoisotopic (exact) mass is 269 g/mol. The number of nitrogens with one attached hydrogen (secondary N) is 1. The number of hydrogen-bond acceptors (Lipinski definition) is 5. The molecule has 6 heteroatoms. The van der Waals surface area contributed by atoms with Crippen LogP contribution in [0.4, 0.5) is 5.69 Å². The lowest BCUT2D eigenvalue weighted by molar-refractivity contribution is 0.0996. The molecule has 100 valence electrons. The summed E-state index contributed by atoms with van der Waals surface area (Å²) in [6, 6.07) is 8.73. The molecule has 3 rings (SSSR count). The quantitative estimate of drug-likeness (QED) is 0.790.